The third-order valence-corrected chi connectivity index (χ3v) is 4.17. The average Bonchev–Trinajstić information content (AvgIpc) is 2.17. The summed E-state index contributed by atoms with van der Waals surface area (Å²) in [5, 5.41) is 0. The Morgan fingerprint density at radius 1 is 1.14 bits per heavy atom. The first-order chi connectivity index (χ1) is 6.52. The van der Waals surface area contributed by atoms with Gasteiger partial charge in [-0.05, 0) is 0 Å². The first-order valence-corrected chi connectivity index (χ1v) is 6.42. The van der Waals surface area contributed by atoms with Crippen molar-refractivity contribution in [2.75, 3.05) is 0 Å². The van der Waals surface area contributed by atoms with Gasteiger partial charge in [-0.2, -0.15) is 0 Å². The number of hydrogen-bond donors (Lipinski definition) is 0. The van der Waals surface area contributed by atoms with E-state index in [1.807, 2.05) is 13.8 Å². The molecule has 3 nitrogen and oxygen atoms in total. The van der Waals surface area contributed by atoms with Gasteiger partial charge in [-0.3, -0.25) is 0 Å². The Labute approximate surface area is 98.1 Å². The van der Waals surface area contributed by atoms with Gasteiger partial charge in [-0.1, -0.05) is 0 Å². The van der Waals surface area contributed by atoms with E-state index in [0.29, 0.717) is 48.7 Å². The molecule has 14 heavy (non-hydrogen) atoms. The Morgan fingerprint density at radius 2 is 1.50 bits per heavy atom. The van der Waals surface area contributed by atoms with E-state index in [1.165, 1.54) is 0 Å². The molecule has 0 aliphatic carbocycles. The minimum absolute atomic E-state index is 0.254. The Kier molecular flexibility index (Phi) is 6.26. The molecule has 0 spiro atoms. The molecule has 4 heteroatoms. The molecular weight excluding hydrogens is 290 g/mol. The van der Waals surface area contributed by atoms with Crippen molar-refractivity contribution >= 4 is 40.9 Å². The number of Topliss-reactive ketones (excluding diaryl/α,β-unsaturated/α-hetero) is 2. The van der Waals surface area contributed by atoms with Crippen LogP contribution in [-0.2, 0) is 14.4 Å². The van der Waals surface area contributed by atoms with Crippen LogP contribution in [0.2, 0.25) is 3.36 Å². The second-order valence-corrected chi connectivity index (χ2v) is 5.73. The molecule has 0 aliphatic rings. The number of carbonyl (C=O) groups is 2. The maximum atomic E-state index is 11.6. The minimum atomic E-state index is -1.39. The van der Waals surface area contributed by atoms with Crippen LogP contribution in [0.1, 0.15) is 39.5 Å². The number of ketones is 2. The van der Waals surface area contributed by atoms with Crippen molar-refractivity contribution in [1.29, 1.82) is 0 Å². The van der Waals surface area contributed by atoms with E-state index in [4.69, 9.17) is 0 Å². The fourth-order valence-electron chi connectivity index (χ4n) is 1.12. The molecule has 0 unspecified atom stereocenters. The summed E-state index contributed by atoms with van der Waals surface area (Å²) in [6.07, 6.45) is 3.59. The number of hydrogen-bond acceptors (Lipinski definition) is 3. The van der Waals surface area contributed by atoms with Gasteiger partial charge in [0.05, 0.1) is 0 Å². The molecule has 0 amide bonds. The van der Waals surface area contributed by atoms with E-state index >= 15 is 0 Å². The zero-order valence-corrected chi connectivity index (χ0v) is 11.9. The number of rotatable bonds is 7. The SMILES string of the molecule is CCCC(=O)[C]([SbH2])([C]=O)C(=O)CCC. The summed E-state index contributed by atoms with van der Waals surface area (Å²) in [7, 11) is 0. The van der Waals surface area contributed by atoms with Crippen LogP contribution >= 0.6 is 0 Å². The Bertz CT molecular complexity index is 218. The molecule has 79 valence electrons. The standard InChI is InChI=1S/C10H14O3.Sb.2H/c1-3-5-9(12)8(7-11)10(13)6-4-2;;;/h3-6H2,1-2H3;;;. The predicted molar refractivity (Wildman–Crippen MR) is 56.8 cm³/mol. The van der Waals surface area contributed by atoms with Gasteiger partial charge in [0.2, 0.25) is 0 Å². The van der Waals surface area contributed by atoms with E-state index in [2.05, 4.69) is 0 Å². The van der Waals surface area contributed by atoms with E-state index in [1.54, 1.807) is 6.29 Å². The molecule has 0 aromatic carbocycles. The van der Waals surface area contributed by atoms with Gasteiger partial charge in [0.1, 0.15) is 0 Å². The fourth-order valence-corrected chi connectivity index (χ4v) is 1.94. The van der Waals surface area contributed by atoms with Gasteiger partial charge >= 0.3 is 98.2 Å². The third kappa shape index (κ3) is 3.20. The van der Waals surface area contributed by atoms with Crippen LogP contribution in [0, 0.1) is 0 Å². The second-order valence-electron chi connectivity index (χ2n) is 3.26. The Morgan fingerprint density at radius 3 is 1.71 bits per heavy atom. The molecule has 0 fully saturated rings. The van der Waals surface area contributed by atoms with Gasteiger partial charge in [0.25, 0.3) is 0 Å². The van der Waals surface area contributed by atoms with Crippen molar-refractivity contribution in [2.45, 2.75) is 42.9 Å². The van der Waals surface area contributed by atoms with Crippen molar-refractivity contribution in [3.63, 3.8) is 0 Å². The molecule has 1 radical (unpaired) electrons. The summed E-state index contributed by atoms with van der Waals surface area (Å²) < 4.78 is -1.39. The average molecular weight is 306 g/mol. The van der Waals surface area contributed by atoms with E-state index < -0.39 is 3.36 Å². The summed E-state index contributed by atoms with van der Waals surface area (Å²) in [4.78, 5) is 33.8. The normalized spacial score (nSPS) is 11.1. The van der Waals surface area contributed by atoms with Crippen LogP contribution in [0.3, 0.4) is 0 Å². The fraction of sp³-hybridized carbons (Fsp3) is 0.700. The molecule has 0 N–H and O–H groups in total. The Balaban J connectivity index is 4.69. The van der Waals surface area contributed by atoms with Crippen LogP contribution in [0.5, 0.6) is 0 Å². The Hall–Kier alpha value is -0.172. The topological polar surface area (TPSA) is 51.2 Å². The molecule has 0 aliphatic heterocycles. The quantitative estimate of drug-likeness (QED) is 0.512. The van der Waals surface area contributed by atoms with Crippen LogP contribution in [-0.4, -0.2) is 40.9 Å². The summed E-state index contributed by atoms with van der Waals surface area (Å²) in [6, 6.07) is 0. The van der Waals surface area contributed by atoms with E-state index in [9.17, 15) is 14.4 Å². The molecule has 0 saturated carbocycles. The molecule has 0 saturated heterocycles. The van der Waals surface area contributed by atoms with Gasteiger partial charge in [-0.15, -0.1) is 0 Å². The molecule has 0 heterocycles. The summed E-state index contributed by atoms with van der Waals surface area (Å²) in [6.45, 7) is 3.71. The van der Waals surface area contributed by atoms with Crippen molar-refractivity contribution in [3.8, 4) is 0 Å². The summed E-state index contributed by atoms with van der Waals surface area (Å²) in [5.41, 5.74) is 0. The van der Waals surface area contributed by atoms with Gasteiger partial charge < -0.3 is 0 Å². The van der Waals surface area contributed by atoms with Crippen LogP contribution in [0.4, 0.5) is 0 Å². The maximum absolute atomic E-state index is 11.6. The van der Waals surface area contributed by atoms with Gasteiger partial charge in [0, 0.05) is 0 Å². The monoisotopic (exact) mass is 305 g/mol. The molecular formula is C10H16O3Sb. The molecule has 0 aromatic heterocycles. The van der Waals surface area contributed by atoms with Gasteiger partial charge in [0.15, 0.2) is 0 Å². The van der Waals surface area contributed by atoms with Crippen molar-refractivity contribution in [2.24, 2.45) is 0 Å². The zero-order chi connectivity index (χ0) is 11.2. The third-order valence-electron chi connectivity index (χ3n) is 1.99. The van der Waals surface area contributed by atoms with Crippen molar-refractivity contribution < 1.29 is 14.4 Å². The van der Waals surface area contributed by atoms with Crippen molar-refractivity contribution in [3.05, 3.63) is 0 Å². The zero-order valence-electron chi connectivity index (χ0n) is 8.63. The first kappa shape index (κ1) is 13.8. The van der Waals surface area contributed by atoms with Crippen LogP contribution < -0.4 is 0 Å². The van der Waals surface area contributed by atoms with Crippen LogP contribution in [0.15, 0.2) is 0 Å². The molecule has 0 rings (SSSR count). The van der Waals surface area contributed by atoms with Crippen LogP contribution in [0.25, 0.3) is 0 Å². The van der Waals surface area contributed by atoms with E-state index in [-0.39, 0.29) is 11.6 Å². The molecule has 0 bridgehead atoms. The number of carbonyl (C=O) groups excluding carboxylic acids is 3. The summed E-state index contributed by atoms with van der Waals surface area (Å²) in [5.74, 6) is -0.508. The molecule has 0 atom stereocenters. The van der Waals surface area contributed by atoms with Crippen molar-refractivity contribution in [1.82, 2.24) is 0 Å². The van der Waals surface area contributed by atoms with Gasteiger partial charge in [-0.25, -0.2) is 0 Å². The summed E-state index contributed by atoms with van der Waals surface area (Å²) >= 11 is 0.315. The predicted octanol–water partition coefficient (Wildman–Crippen LogP) is 0.626. The van der Waals surface area contributed by atoms with E-state index in [0.717, 1.165) is 0 Å². The molecule has 0 aromatic rings. The second kappa shape index (κ2) is 6.34. The first-order valence-electron chi connectivity index (χ1n) is 4.77.